The van der Waals surface area contributed by atoms with Gasteiger partial charge in [-0.3, -0.25) is 9.59 Å². The molecule has 9 heteroatoms. The third-order valence-electron chi connectivity index (χ3n) is 3.23. The Kier molecular flexibility index (Phi) is 8.53. The number of amides is 1. The van der Waals surface area contributed by atoms with Crippen LogP contribution in [0.25, 0.3) is 0 Å². The Morgan fingerprint density at radius 1 is 1.16 bits per heavy atom. The van der Waals surface area contributed by atoms with E-state index < -0.39 is 34.5 Å². The minimum absolute atomic E-state index is 0.0470. The lowest BCUT2D eigenvalue weighted by Crippen LogP contribution is -2.46. The molecule has 1 aromatic carbocycles. The van der Waals surface area contributed by atoms with Crippen LogP contribution in [0.15, 0.2) is 35.2 Å². The van der Waals surface area contributed by atoms with Crippen molar-refractivity contribution in [3.8, 4) is 0 Å². The van der Waals surface area contributed by atoms with E-state index in [1.807, 2.05) is 0 Å². The molecular formula is C16H24N2O6S. The molecule has 2 N–H and O–H groups in total. The highest BCUT2D eigenvalue weighted by Crippen LogP contribution is 2.12. The van der Waals surface area contributed by atoms with Crippen molar-refractivity contribution in [3.63, 3.8) is 0 Å². The first-order valence-corrected chi connectivity index (χ1v) is 9.26. The SMILES string of the molecule is COCCNC(=O)COC(=O)[C@H](NS(=O)(=O)c1ccccc1)C(C)C. The summed E-state index contributed by atoms with van der Waals surface area (Å²) in [7, 11) is -2.38. The Morgan fingerprint density at radius 2 is 1.80 bits per heavy atom. The number of nitrogens with one attached hydrogen (secondary N) is 2. The highest BCUT2D eigenvalue weighted by atomic mass is 32.2. The van der Waals surface area contributed by atoms with Crippen molar-refractivity contribution in [1.29, 1.82) is 0 Å². The van der Waals surface area contributed by atoms with Gasteiger partial charge in [-0.15, -0.1) is 0 Å². The second kappa shape index (κ2) is 10.1. The number of hydrogen-bond acceptors (Lipinski definition) is 6. The van der Waals surface area contributed by atoms with Gasteiger partial charge in [-0.1, -0.05) is 32.0 Å². The van der Waals surface area contributed by atoms with E-state index in [0.717, 1.165) is 0 Å². The molecule has 0 unspecified atom stereocenters. The van der Waals surface area contributed by atoms with Gasteiger partial charge in [0.05, 0.1) is 11.5 Å². The van der Waals surface area contributed by atoms with Crippen LogP contribution in [0, 0.1) is 5.92 Å². The second-order valence-corrected chi connectivity index (χ2v) is 7.32. The zero-order valence-electron chi connectivity index (χ0n) is 14.5. The maximum atomic E-state index is 12.4. The van der Waals surface area contributed by atoms with Gasteiger partial charge in [0, 0.05) is 13.7 Å². The molecule has 8 nitrogen and oxygen atoms in total. The van der Waals surface area contributed by atoms with Crippen LogP contribution in [0.5, 0.6) is 0 Å². The number of rotatable bonds is 10. The highest BCUT2D eigenvalue weighted by molar-refractivity contribution is 7.89. The van der Waals surface area contributed by atoms with Crippen LogP contribution in [-0.2, 0) is 29.1 Å². The summed E-state index contributed by atoms with van der Waals surface area (Å²) in [5.41, 5.74) is 0. The third kappa shape index (κ3) is 7.20. The molecule has 0 aliphatic rings. The molecule has 0 aliphatic carbocycles. The third-order valence-corrected chi connectivity index (χ3v) is 4.69. The summed E-state index contributed by atoms with van der Waals surface area (Å²) in [6.07, 6.45) is 0. The molecule has 25 heavy (non-hydrogen) atoms. The minimum Gasteiger partial charge on any atom is -0.454 e. The van der Waals surface area contributed by atoms with Crippen LogP contribution in [0.3, 0.4) is 0 Å². The molecule has 0 radical (unpaired) electrons. The maximum Gasteiger partial charge on any atom is 0.324 e. The van der Waals surface area contributed by atoms with Crippen molar-refractivity contribution in [2.24, 2.45) is 5.92 Å². The Balaban J connectivity index is 2.67. The van der Waals surface area contributed by atoms with Gasteiger partial charge in [0.25, 0.3) is 5.91 Å². The van der Waals surface area contributed by atoms with E-state index in [1.165, 1.54) is 19.2 Å². The summed E-state index contributed by atoms with van der Waals surface area (Å²) >= 11 is 0. The number of benzene rings is 1. The number of esters is 1. The van der Waals surface area contributed by atoms with E-state index in [4.69, 9.17) is 9.47 Å². The molecule has 140 valence electrons. The predicted octanol–water partition coefficient (Wildman–Crippen LogP) is 0.295. The van der Waals surface area contributed by atoms with Gasteiger partial charge < -0.3 is 14.8 Å². The molecule has 1 amide bonds. The average Bonchev–Trinajstić information content (AvgIpc) is 2.58. The van der Waals surface area contributed by atoms with E-state index in [1.54, 1.807) is 32.0 Å². The number of carbonyl (C=O) groups excluding carboxylic acids is 2. The largest absolute Gasteiger partial charge is 0.454 e. The fraction of sp³-hybridized carbons (Fsp3) is 0.500. The summed E-state index contributed by atoms with van der Waals surface area (Å²) in [6, 6.07) is 6.61. The number of hydrogen-bond donors (Lipinski definition) is 2. The smallest absolute Gasteiger partial charge is 0.324 e. The lowest BCUT2D eigenvalue weighted by molar-refractivity contribution is -0.151. The molecule has 0 aliphatic heterocycles. The first-order chi connectivity index (χ1) is 11.8. The molecular weight excluding hydrogens is 348 g/mol. The lowest BCUT2D eigenvalue weighted by atomic mass is 10.1. The summed E-state index contributed by atoms with van der Waals surface area (Å²) in [5.74, 6) is -1.65. The fourth-order valence-electron chi connectivity index (χ4n) is 1.86. The predicted molar refractivity (Wildman–Crippen MR) is 91.2 cm³/mol. The van der Waals surface area contributed by atoms with Crippen molar-refractivity contribution in [1.82, 2.24) is 10.0 Å². The van der Waals surface area contributed by atoms with Crippen molar-refractivity contribution in [2.45, 2.75) is 24.8 Å². The molecule has 1 rings (SSSR count). The van der Waals surface area contributed by atoms with Gasteiger partial charge in [-0.25, -0.2) is 8.42 Å². The van der Waals surface area contributed by atoms with Crippen molar-refractivity contribution in [2.75, 3.05) is 26.9 Å². The topological polar surface area (TPSA) is 111 Å². The summed E-state index contributed by atoms with van der Waals surface area (Å²) in [6.45, 7) is 3.50. The molecule has 0 fully saturated rings. The number of ether oxygens (including phenoxy) is 2. The van der Waals surface area contributed by atoms with Crippen LogP contribution in [0.4, 0.5) is 0 Å². The lowest BCUT2D eigenvalue weighted by Gasteiger charge is -2.20. The highest BCUT2D eigenvalue weighted by Gasteiger charge is 2.29. The fourth-order valence-corrected chi connectivity index (χ4v) is 3.22. The first kappa shape index (κ1) is 21.1. The average molecular weight is 372 g/mol. The maximum absolute atomic E-state index is 12.4. The first-order valence-electron chi connectivity index (χ1n) is 7.77. The van der Waals surface area contributed by atoms with Gasteiger partial charge in [0.2, 0.25) is 10.0 Å². The molecule has 0 saturated heterocycles. The molecule has 0 saturated carbocycles. The summed E-state index contributed by atoms with van der Waals surface area (Å²) in [5, 5.41) is 2.50. The van der Waals surface area contributed by atoms with Crippen molar-refractivity contribution in [3.05, 3.63) is 30.3 Å². The Hall–Kier alpha value is -1.97. The summed E-state index contributed by atoms with van der Waals surface area (Å²) < 4.78 is 36.7. The Morgan fingerprint density at radius 3 is 2.36 bits per heavy atom. The number of carbonyl (C=O) groups is 2. The number of sulfonamides is 1. The van der Waals surface area contributed by atoms with E-state index in [9.17, 15) is 18.0 Å². The minimum atomic E-state index is -3.87. The quantitative estimate of drug-likeness (QED) is 0.451. The Bertz CT molecular complexity index is 660. The van der Waals surface area contributed by atoms with Crippen LogP contribution in [0.2, 0.25) is 0 Å². The van der Waals surface area contributed by atoms with Crippen LogP contribution < -0.4 is 10.0 Å². The van der Waals surface area contributed by atoms with Gasteiger partial charge in [-0.05, 0) is 18.1 Å². The summed E-state index contributed by atoms with van der Waals surface area (Å²) in [4.78, 5) is 23.8. The van der Waals surface area contributed by atoms with Crippen molar-refractivity contribution >= 4 is 21.9 Å². The van der Waals surface area contributed by atoms with Crippen molar-refractivity contribution < 1.29 is 27.5 Å². The van der Waals surface area contributed by atoms with Gasteiger partial charge in [0.1, 0.15) is 6.04 Å². The molecule has 0 heterocycles. The molecule has 1 aromatic rings. The zero-order valence-corrected chi connectivity index (χ0v) is 15.3. The Labute approximate surface area is 147 Å². The van der Waals surface area contributed by atoms with Crippen LogP contribution >= 0.6 is 0 Å². The molecule has 1 atom stereocenters. The zero-order chi connectivity index (χ0) is 18.9. The van der Waals surface area contributed by atoms with E-state index >= 15 is 0 Å². The molecule has 0 aromatic heterocycles. The normalized spacial score (nSPS) is 12.6. The second-order valence-electron chi connectivity index (χ2n) is 5.61. The molecule has 0 bridgehead atoms. The van der Waals surface area contributed by atoms with Crippen LogP contribution in [-0.4, -0.2) is 53.2 Å². The van der Waals surface area contributed by atoms with Gasteiger partial charge in [0.15, 0.2) is 6.61 Å². The monoisotopic (exact) mass is 372 g/mol. The van der Waals surface area contributed by atoms with E-state index in [2.05, 4.69) is 10.0 Å². The molecule has 0 spiro atoms. The van der Waals surface area contributed by atoms with E-state index in [-0.39, 0.29) is 10.8 Å². The van der Waals surface area contributed by atoms with Gasteiger partial charge in [-0.2, -0.15) is 4.72 Å². The standard InChI is InChI=1S/C16H24N2O6S/c1-12(2)15(16(20)24-11-14(19)17-9-10-23-3)18-25(21,22)13-7-5-4-6-8-13/h4-8,12,15,18H,9-11H2,1-3H3,(H,17,19)/t15-/m1/s1. The van der Waals surface area contributed by atoms with Gasteiger partial charge >= 0.3 is 5.97 Å². The van der Waals surface area contributed by atoms with Crippen LogP contribution in [0.1, 0.15) is 13.8 Å². The number of methoxy groups -OCH3 is 1. The van der Waals surface area contributed by atoms with E-state index in [0.29, 0.717) is 13.2 Å².